The number of aliphatic hydroxyl groups excluding tert-OH is 1. The van der Waals surface area contributed by atoms with Gasteiger partial charge in [0, 0.05) is 24.9 Å². The molecule has 2 aromatic carbocycles. The van der Waals surface area contributed by atoms with Crippen molar-refractivity contribution in [2.75, 3.05) is 26.4 Å². The van der Waals surface area contributed by atoms with Gasteiger partial charge in [-0.2, -0.15) is 0 Å². The maximum absolute atomic E-state index is 13.8. The Hall–Kier alpha value is -3.15. The molecule has 0 saturated heterocycles. The van der Waals surface area contributed by atoms with Gasteiger partial charge < -0.3 is 34.6 Å². The largest absolute Gasteiger partial charge is 0.493 e. The number of amides is 2. The second-order valence-electron chi connectivity index (χ2n) is 10.00. The SMILES string of the molecule is CCOc1cc([C@@H](C)N(CCOCc2ccccc2)C(=O)NC2(C(=O)O)CC(F)(F)C2)c(Cl)c(OCC)c1C(C)O. The van der Waals surface area contributed by atoms with Gasteiger partial charge in [0.1, 0.15) is 11.5 Å². The molecular formula is C29H37ClF2N2O7. The first-order valence-corrected chi connectivity index (χ1v) is 13.8. The Balaban J connectivity index is 1.96. The van der Waals surface area contributed by atoms with E-state index in [4.69, 9.17) is 25.8 Å². The zero-order valence-corrected chi connectivity index (χ0v) is 24.3. The minimum absolute atomic E-state index is 0.0195. The summed E-state index contributed by atoms with van der Waals surface area (Å²) < 4.78 is 44.8. The van der Waals surface area contributed by atoms with E-state index in [0.29, 0.717) is 16.9 Å². The van der Waals surface area contributed by atoms with E-state index < -0.39 is 48.4 Å². The highest BCUT2D eigenvalue weighted by Crippen LogP contribution is 2.47. The highest BCUT2D eigenvalue weighted by Gasteiger charge is 2.62. The summed E-state index contributed by atoms with van der Waals surface area (Å²) in [4.78, 5) is 26.8. The number of carboxylic acid groups (broad SMARTS) is 1. The monoisotopic (exact) mass is 598 g/mol. The van der Waals surface area contributed by atoms with E-state index in [0.717, 1.165) is 5.56 Å². The van der Waals surface area contributed by atoms with Crippen LogP contribution in [0.4, 0.5) is 13.6 Å². The molecule has 2 aromatic rings. The maximum Gasteiger partial charge on any atom is 0.329 e. The highest BCUT2D eigenvalue weighted by atomic mass is 35.5. The Labute approximate surface area is 243 Å². The molecule has 0 radical (unpaired) electrons. The molecule has 41 heavy (non-hydrogen) atoms. The summed E-state index contributed by atoms with van der Waals surface area (Å²) in [5, 5.41) is 22.6. The topological polar surface area (TPSA) is 118 Å². The van der Waals surface area contributed by atoms with Crippen LogP contribution in [0.2, 0.25) is 5.02 Å². The van der Waals surface area contributed by atoms with Crippen molar-refractivity contribution in [1.29, 1.82) is 0 Å². The number of rotatable bonds is 14. The van der Waals surface area contributed by atoms with Gasteiger partial charge in [0.15, 0.2) is 5.54 Å². The summed E-state index contributed by atoms with van der Waals surface area (Å²) in [7, 11) is 0. The number of hydrogen-bond acceptors (Lipinski definition) is 6. The van der Waals surface area contributed by atoms with Gasteiger partial charge in [-0.1, -0.05) is 41.9 Å². The van der Waals surface area contributed by atoms with Gasteiger partial charge in [-0.05, 0) is 39.3 Å². The fourth-order valence-electron chi connectivity index (χ4n) is 4.87. The molecule has 3 N–H and O–H groups in total. The van der Waals surface area contributed by atoms with Crippen LogP contribution in [0.5, 0.6) is 11.5 Å². The van der Waals surface area contributed by atoms with Gasteiger partial charge in [0.2, 0.25) is 0 Å². The number of nitrogens with one attached hydrogen (secondary N) is 1. The standard InChI is InChI=1S/C29H37ClF2N2O7/c1-5-40-22-14-21(24(30)25(41-6-2)23(22)19(4)35)18(3)34(12-13-39-15-20-10-8-7-9-11-20)27(38)33-28(26(36)37)16-29(31,32)17-28/h7-11,14,18-19,35H,5-6,12-13,15-17H2,1-4H3,(H,33,38)(H,36,37)/t18-,19?/m1/s1. The normalized spacial score (nSPS) is 16.7. The van der Waals surface area contributed by atoms with Crippen molar-refractivity contribution in [3.63, 3.8) is 0 Å². The number of benzene rings is 2. The zero-order chi connectivity index (χ0) is 30.4. The van der Waals surface area contributed by atoms with Gasteiger partial charge in [-0.15, -0.1) is 0 Å². The highest BCUT2D eigenvalue weighted by molar-refractivity contribution is 6.33. The van der Waals surface area contributed by atoms with Gasteiger partial charge >= 0.3 is 12.0 Å². The zero-order valence-electron chi connectivity index (χ0n) is 23.6. The van der Waals surface area contributed by atoms with Gasteiger partial charge in [-0.25, -0.2) is 18.4 Å². The molecule has 2 atom stereocenters. The van der Waals surface area contributed by atoms with Crippen molar-refractivity contribution in [2.24, 2.45) is 0 Å². The molecule has 12 heteroatoms. The third-order valence-electron chi connectivity index (χ3n) is 6.90. The molecule has 1 aliphatic carbocycles. The number of carboxylic acids is 1. The van der Waals surface area contributed by atoms with Crippen LogP contribution in [0, 0.1) is 0 Å². The molecule has 2 amide bonds. The van der Waals surface area contributed by atoms with Crippen molar-refractivity contribution >= 4 is 23.6 Å². The smallest absolute Gasteiger partial charge is 0.329 e. The summed E-state index contributed by atoms with van der Waals surface area (Å²) in [6, 6.07) is 9.29. The van der Waals surface area contributed by atoms with E-state index in [2.05, 4.69) is 5.32 Å². The average Bonchev–Trinajstić information content (AvgIpc) is 2.89. The van der Waals surface area contributed by atoms with Crippen molar-refractivity contribution in [3.8, 4) is 11.5 Å². The van der Waals surface area contributed by atoms with E-state index in [9.17, 15) is 28.6 Å². The number of aliphatic hydroxyl groups is 1. The molecule has 0 aromatic heterocycles. The van der Waals surface area contributed by atoms with E-state index in [1.165, 1.54) is 4.90 Å². The van der Waals surface area contributed by atoms with E-state index in [1.54, 1.807) is 33.8 Å². The van der Waals surface area contributed by atoms with Crippen molar-refractivity contribution in [2.45, 2.75) is 70.8 Å². The maximum atomic E-state index is 13.8. The Morgan fingerprint density at radius 1 is 1.12 bits per heavy atom. The Morgan fingerprint density at radius 2 is 1.76 bits per heavy atom. The molecular weight excluding hydrogens is 562 g/mol. The Kier molecular flexibility index (Phi) is 10.8. The number of hydrogen-bond donors (Lipinski definition) is 3. The molecule has 0 spiro atoms. The molecule has 1 unspecified atom stereocenters. The number of urea groups is 1. The van der Waals surface area contributed by atoms with E-state index in [1.807, 2.05) is 30.3 Å². The first kappa shape index (κ1) is 32.4. The second-order valence-corrected chi connectivity index (χ2v) is 10.4. The number of nitrogens with zero attached hydrogens (tertiary/aromatic N) is 1. The number of carbonyl (C=O) groups excluding carboxylic acids is 1. The predicted molar refractivity (Wildman–Crippen MR) is 149 cm³/mol. The predicted octanol–water partition coefficient (Wildman–Crippen LogP) is 5.73. The lowest BCUT2D eigenvalue weighted by Gasteiger charge is -2.45. The number of carbonyl (C=O) groups is 2. The number of alkyl halides is 2. The summed E-state index contributed by atoms with van der Waals surface area (Å²) in [6.07, 6.45) is -3.01. The Bertz CT molecular complexity index is 1210. The molecule has 9 nitrogen and oxygen atoms in total. The van der Waals surface area contributed by atoms with Crippen LogP contribution >= 0.6 is 11.6 Å². The van der Waals surface area contributed by atoms with Crippen LogP contribution in [-0.2, 0) is 16.1 Å². The third kappa shape index (κ3) is 7.58. The number of ether oxygens (including phenoxy) is 3. The molecule has 0 aliphatic heterocycles. The summed E-state index contributed by atoms with van der Waals surface area (Å²) in [5.41, 5.74) is -0.448. The molecule has 1 saturated carbocycles. The molecule has 0 heterocycles. The third-order valence-corrected chi connectivity index (χ3v) is 7.29. The number of halogens is 3. The average molecular weight is 599 g/mol. The molecule has 1 aliphatic rings. The lowest BCUT2D eigenvalue weighted by molar-refractivity contribution is -0.175. The van der Waals surface area contributed by atoms with Gasteiger partial charge in [-0.3, -0.25) is 0 Å². The van der Waals surface area contributed by atoms with Crippen LogP contribution < -0.4 is 14.8 Å². The lowest BCUT2D eigenvalue weighted by atomic mass is 9.73. The minimum Gasteiger partial charge on any atom is -0.493 e. The van der Waals surface area contributed by atoms with Crippen molar-refractivity contribution < 1.29 is 42.8 Å². The molecule has 0 bridgehead atoms. The van der Waals surface area contributed by atoms with E-state index >= 15 is 0 Å². The summed E-state index contributed by atoms with van der Waals surface area (Å²) in [5.74, 6) is -4.24. The fourth-order valence-corrected chi connectivity index (χ4v) is 5.24. The number of aliphatic carboxylic acids is 1. The van der Waals surface area contributed by atoms with Crippen LogP contribution in [0.15, 0.2) is 36.4 Å². The second kappa shape index (κ2) is 13.7. The van der Waals surface area contributed by atoms with Crippen LogP contribution in [-0.4, -0.2) is 64.9 Å². The van der Waals surface area contributed by atoms with Crippen LogP contribution in [0.3, 0.4) is 0 Å². The van der Waals surface area contributed by atoms with Crippen LogP contribution in [0.25, 0.3) is 0 Å². The first-order valence-electron chi connectivity index (χ1n) is 13.5. The van der Waals surface area contributed by atoms with Gasteiger partial charge in [0.05, 0.1) is 49.2 Å². The summed E-state index contributed by atoms with van der Waals surface area (Å²) in [6.45, 7) is 7.54. The molecule has 226 valence electrons. The first-order chi connectivity index (χ1) is 19.4. The molecule has 3 rings (SSSR count). The van der Waals surface area contributed by atoms with Crippen LogP contribution in [0.1, 0.15) is 69.4 Å². The quantitative estimate of drug-likeness (QED) is 0.238. The lowest BCUT2D eigenvalue weighted by Crippen LogP contribution is -2.68. The molecule has 1 fully saturated rings. The van der Waals surface area contributed by atoms with Gasteiger partial charge in [0.25, 0.3) is 5.92 Å². The summed E-state index contributed by atoms with van der Waals surface area (Å²) >= 11 is 6.78. The minimum atomic E-state index is -3.19. The van der Waals surface area contributed by atoms with Crippen molar-refractivity contribution in [3.05, 3.63) is 58.1 Å². The Morgan fingerprint density at radius 3 is 2.29 bits per heavy atom. The van der Waals surface area contributed by atoms with Crippen molar-refractivity contribution in [1.82, 2.24) is 10.2 Å². The fraction of sp³-hybridized carbons (Fsp3) is 0.517. The van der Waals surface area contributed by atoms with E-state index in [-0.39, 0.29) is 43.7 Å².